The second kappa shape index (κ2) is 5.77. The van der Waals surface area contributed by atoms with Crippen molar-refractivity contribution in [2.24, 2.45) is 0 Å². The molecule has 0 aliphatic carbocycles. The maximum absolute atomic E-state index is 2.36. The van der Waals surface area contributed by atoms with E-state index in [0.717, 1.165) is 0 Å². The van der Waals surface area contributed by atoms with Gasteiger partial charge in [0.15, 0.2) is 0 Å². The average Bonchev–Trinajstić information content (AvgIpc) is 1.99. The first-order valence-electron chi connectivity index (χ1n) is 4.55. The molecule has 0 fully saturated rings. The smallest absolute Gasteiger partial charge is 0.0304 e. The van der Waals surface area contributed by atoms with Crippen LogP contribution in [0.3, 0.4) is 0 Å². The van der Waals surface area contributed by atoms with Crippen molar-refractivity contribution in [3.05, 3.63) is 10.9 Å². The number of rotatable bonds is 4. The highest BCUT2D eigenvalue weighted by atomic mass is 31.1. The fraction of sp³-hybridized carbons (Fsp3) is 0.800. The zero-order valence-corrected chi connectivity index (χ0v) is 9.46. The Kier molecular flexibility index (Phi) is 5.86. The summed E-state index contributed by atoms with van der Waals surface area (Å²) in [7, 11) is 0.165. The van der Waals surface area contributed by atoms with Crippen molar-refractivity contribution in [2.75, 3.05) is 13.3 Å². The van der Waals surface area contributed by atoms with Crippen molar-refractivity contribution in [3.63, 3.8) is 0 Å². The Bertz CT molecular complexity index is 128. The third-order valence-corrected chi connectivity index (χ3v) is 3.85. The monoisotopic (exact) mass is 172 g/mol. The molecule has 0 aliphatic heterocycles. The molecule has 11 heavy (non-hydrogen) atoms. The molecular weight excluding hydrogens is 151 g/mol. The van der Waals surface area contributed by atoms with Crippen LogP contribution in [0, 0.1) is 0 Å². The lowest BCUT2D eigenvalue weighted by Crippen LogP contribution is -1.87. The standard InChI is InChI=1S/C10H21P/c1-6-9(7-2)10(8-3)11(4)5/h6-8H2,1-5H3. The average molecular weight is 172 g/mol. The van der Waals surface area contributed by atoms with Crippen LogP contribution in [-0.4, -0.2) is 13.3 Å². The van der Waals surface area contributed by atoms with Gasteiger partial charge in [0.2, 0.25) is 0 Å². The maximum Gasteiger partial charge on any atom is -0.0304 e. The van der Waals surface area contributed by atoms with Gasteiger partial charge in [-0.25, -0.2) is 0 Å². The minimum atomic E-state index is 0.165. The zero-order chi connectivity index (χ0) is 8.85. The Morgan fingerprint density at radius 2 is 1.36 bits per heavy atom. The Labute approximate surface area is 72.8 Å². The normalized spacial score (nSPS) is 10.4. The molecule has 0 nitrogen and oxygen atoms in total. The summed E-state index contributed by atoms with van der Waals surface area (Å²) in [6.45, 7) is 11.5. The summed E-state index contributed by atoms with van der Waals surface area (Å²) in [5.41, 5.74) is 1.70. The van der Waals surface area contributed by atoms with E-state index in [9.17, 15) is 0 Å². The van der Waals surface area contributed by atoms with Crippen molar-refractivity contribution >= 4 is 7.92 Å². The molecule has 0 aromatic heterocycles. The largest absolute Gasteiger partial charge is 0.0862 e. The third-order valence-electron chi connectivity index (χ3n) is 2.14. The molecule has 0 aromatic rings. The van der Waals surface area contributed by atoms with Crippen molar-refractivity contribution in [1.82, 2.24) is 0 Å². The van der Waals surface area contributed by atoms with Crippen molar-refractivity contribution < 1.29 is 0 Å². The summed E-state index contributed by atoms with van der Waals surface area (Å²) in [5, 5.41) is 1.74. The highest BCUT2D eigenvalue weighted by Gasteiger charge is 2.04. The van der Waals surface area contributed by atoms with Gasteiger partial charge in [-0.1, -0.05) is 34.3 Å². The van der Waals surface area contributed by atoms with Gasteiger partial charge in [-0.15, -0.1) is 0 Å². The molecule has 0 rings (SSSR count). The molecule has 0 atom stereocenters. The van der Waals surface area contributed by atoms with Crippen LogP contribution >= 0.6 is 7.92 Å². The van der Waals surface area contributed by atoms with Crippen molar-refractivity contribution in [2.45, 2.75) is 40.0 Å². The third kappa shape index (κ3) is 3.38. The first kappa shape index (κ1) is 11.2. The molecule has 66 valence electrons. The first-order valence-corrected chi connectivity index (χ1v) is 6.79. The topological polar surface area (TPSA) is 0 Å². The lowest BCUT2D eigenvalue weighted by molar-refractivity contribution is 0.944. The van der Waals surface area contributed by atoms with Crippen LogP contribution in [0.5, 0.6) is 0 Å². The van der Waals surface area contributed by atoms with E-state index in [-0.39, 0.29) is 7.92 Å². The van der Waals surface area contributed by atoms with Gasteiger partial charge in [-0.2, -0.15) is 0 Å². The predicted octanol–water partition coefficient (Wildman–Crippen LogP) is 4.21. The van der Waals surface area contributed by atoms with Gasteiger partial charge in [0.1, 0.15) is 0 Å². The molecule has 0 saturated carbocycles. The summed E-state index contributed by atoms with van der Waals surface area (Å²) in [4.78, 5) is 0. The lowest BCUT2D eigenvalue weighted by atomic mass is 10.1. The van der Waals surface area contributed by atoms with Crippen LogP contribution in [-0.2, 0) is 0 Å². The van der Waals surface area contributed by atoms with Crippen LogP contribution < -0.4 is 0 Å². The van der Waals surface area contributed by atoms with Crippen molar-refractivity contribution in [3.8, 4) is 0 Å². The van der Waals surface area contributed by atoms with E-state index >= 15 is 0 Å². The van der Waals surface area contributed by atoms with Crippen LogP contribution in [0.1, 0.15) is 40.0 Å². The maximum atomic E-state index is 2.36. The van der Waals surface area contributed by atoms with Gasteiger partial charge in [0, 0.05) is 0 Å². The van der Waals surface area contributed by atoms with E-state index in [1.807, 2.05) is 0 Å². The molecule has 0 aromatic carbocycles. The molecule has 1 heteroatoms. The molecule has 0 heterocycles. The summed E-state index contributed by atoms with van der Waals surface area (Å²) in [5.74, 6) is 0. The lowest BCUT2D eigenvalue weighted by Gasteiger charge is -2.14. The second-order valence-corrected chi connectivity index (χ2v) is 5.33. The van der Waals surface area contributed by atoms with Crippen LogP contribution in [0.4, 0.5) is 0 Å². The first-order chi connectivity index (χ1) is 5.17. The summed E-state index contributed by atoms with van der Waals surface area (Å²) in [6, 6.07) is 0. The molecule has 0 N–H and O–H groups in total. The predicted molar refractivity (Wildman–Crippen MR) is 56.7 cm³/mol. The van der Waals surface area contributed by atoms with E-state index in [1.165, 1.54) is 19.3 Å². The van der Waals surface area contributed by atoms with Gasteiger partial charge in [0.25, 0.3) is 0 Å². The van der Waals surface area contributed by atoms with Crippen LogP contribution in [0.25, 0.3) is 0 Å². The summed E-state index contributed by atoms with van der Waals surface area (Å²) in [6.07, 6.45) is 3.76. The molecule has 0 saturated heterocycles. The van der Waals surface area contributed by atoms with E-state index in [0.29, 0.717) is 0 Å². The fourth-order valence-electron chi connectivity index (χ4n) is 1.54. The number of hydrogen-bond acceptors (Lipinski definition) is 0. The molecule has 0 aliphatic rings. The molecule has 0 bridgehead atoms. The summed E-state index contributed by atoms with van der Waals surface area (Å²) >= 11 is 0. The van der Waals surface area contributed by atoms with Gasteiger partial charge in [-0.3, -0.25) is 0 Å². The van der Waals surface area contributed by atoms with Gasteiger partial charge in [0.05, 0.1) is 0 Å². The van der Waals surface area contributed by atoms with Gasteiger partial charge in [-0.05, 0) is 37.9 Å². The molecule has 0 unspecified atom stereocenters. The SMILES string of the molecule is CCC(CC)=C(CC)P(C)C. The number of allylic oxidation sites excluding steroid dienone is 2. The quantitative estimate of drug-likeness (QED) is 0.557. The molecular formula is C10H21P. The van der Waals surface area contributed by atoms with E-state index in [2.05, 4.69) is 34.1 Å². The molecule has 0 radical (unpaired) electrons. The minimum absolute atomic E-state index is 0.165. The summed E-state index contributed by atoms with van der Waals surface area (Å²) < 4.78 is 0. The van der Waals surface area contributed by atoms with Crippen LogP contribution in [0.15, 0.2) is 10.9 Å². The van der Waals surface area contributed by atoms with E-state index in [1.54, 1.807) is 10.9 Å². The zero-order valence-electron chi connectivity index (χ0n) is 8.57. The number of hydrogen-bond donors (Lipinski definition) is 0. The Balaban J connectivity index is 4.48. The van der Waals surface area contributed by atoms with Crippen molar-refractivity contribution in [1.29, 1.82) is 0 Å². The highest BCUT2D eigenvalue weighted by Crippen LogP contribution is 2.41. The van der Waals surface area contributed by atoms with Gasteiger partial charge >= 0.3 is 0 Å². The second-order valence-electron chi connectivity index (χ2n) is 3.01. The van der Waals surface area contributed by atoms with Gasteiger partial charge < -0.3 is 0 Å². The Hall–Kier alpha value is 0.170. The molecule has 0 amide bonds. The minimum Gasteiger partial charge on any atom is -0.0862 e. The molecule has 0 spiro atoms. The fourth-order valence-corrected chi connectivity index (χ4v) is 3.12. The van der Waals surface area contributed by atoms with E-state index < -0.39 is 0 Å². The Morgan fingerprint density at radius 3 is 1.45 bits per heavy atom. The highest BCUT2D eigenvalue weighted by molar-refractivity contribution is 7.60. The van der Waals surface area contributed by atoms with Crippen LogP contribution in [0.2, 0.25) is 0 Å². The van der Waals surface area contributed by atoms with E-state index in [4.69, 9.17) is 0 Å². The Morgan fingerprint density at radius 1 is 0.909 bits per heavy atom.